The predicted molar refractivity (Wildman–Crippen MR) is 124 cm³/mol. The molecule has 7 heteroatoms. The second-order valence-corrected chi connectivity index (χ2v) is 7.79. The monoisotopic (exact) mass is 500 g/mol. The van der Waals surface area contributed by atoms with Gasteiger partial charge in [0.2, 0.25) is 0 Å². The Morgan fingerprint density at radius 3 is 2.67 bits per heavy atom. The first kappa shape index (κ1) is 21.9. The largest absolute Gasteiger partial charge is 0.490 e. The minimum atomic E-state index is 0. The normalized spacial score (nSPS) is 15.3. The number of nitrogens with one attached hydrogen (secondary N) is 1. The van der Waals surface area contributed by atoms with Crippen LogP contribution < -0.4 is 10.1 Å². The highest BCUT2D eigenvalue weighted by Gasteiger charge is 2.22. The van der Waals surface area contributed by atoms with Crippen molar-refractivity contribution in [3.63, 3.8) is 0 Å². The molecule has 1 aliphatic heterocycles. The Bertz CT molecular complexity index is 699. The van der Waals surface area contributed by atoms with E-state index in [0.717, 1.165) is 62.2 Å². The average Bonchev–Trinajstić information content (AvgIpc) is 3.08. The molecule has 0 saturated carbocycles. The van der Waals surface area contributed by atoms with E-state index in [9.17, 15) is 0 Å². The Kier molecular flexibility index (Phi) is 9.33. The van der Waals surface area contributed by atoms with Crippen LogP contribution in [0.4, 0.5) is 0 Å². The highest BCUT2D eigenvalue weighted by atomic mass is 127. The number of nitrogens with zero attached hydrogens (tertiary/aromatic N) is 3. The number of aliphatic imine (C=N–C) groups is 1. The van der Waals surface area contributed by atoms with Crippen LogP contribution in [0.2, 0.25) is 0 Å². The lowest BCUT2D eigenvalue weighted by atomic mass is 10.1. The van der Waals surface area contributed by atoms with Crippen molar-refractivity contribution in [2.75, 3.05) is 26.2 Å². The van der Waals surface area contributed by atoms with E-state index in [0.29, 0.717) is 0 Å². The van der Waals surface area contributed by atoms with Crippen molar-refractivity contribution < 1.29 is 4.74 Å². The highest BCUT2D eigenvalue weighted by molar-refractivity contribution is 14.0. The minimum absolute atomic E-state index is 0. The van der Waals surface area contributed by atoms with Crippen LogP contribution in [0.3, 0.4) is 0 Å². The number of para-hydroxylation sites is 1. The SMILES string of the molecule is CCNC(=NCCc1ncc(C)s1)N1CCC(Oc2ccccc2)CC1.I. The zero-order valence-electron chi connectivity index (χ0n) is 16.1. The van der Waals surface area contributed by atoms with Crippen molar-refractivity contribution in [1.29, 1.82) is 0 Å². The van der Waals surface area contributed by atoms with E-state index in [4.69, 9.17) is 9.73 Å². The van der Waals surface area contributed by atoms with Crippen LogP contribution in [0.5, 0.6) is 5.75 Å². The van der Waals surface area contributed by atoms with Crippen LogP contribution in [0, 0.1) is 6.92 Å². The molecular weight excluding hydrogens is 471 g/mol. The molecule has 0 spiro atoms. The summed E-state index contributed by atoms with van der Waals surface area (Å²) in [6, 6.07) is 10.1. The van der Waals surface area contributed by atoms with Crippen molar-refractivity contribution in [2.24, 2.45) is 4.99 Å². The number of guanidine groups is 1. The average molecular weight is 500 g/mol. The summed E-state index contributed by atoms with van der Waals surface area (Å²) in [6.07, 6.45) is 5.17. The summed E-state index contributed by atoms with van der Waals surface area (Å²) in [7, 11) is 0. The lowest BCUT2D eigenvalue weighted by Crippen LogP contribution is -2.47. The van der Waals surface area contributed by atoms with Crippen molar-refractivity contribution in [3.05, 3.63) is 46.4 Å². The molecule has 2 heterocycles. The van der Waals surface area contributed by atoms with Gasteiger partial charge in [0.1, 0.15) is 11.9 Å². The Hall–Kier alpha value is -1.35. The van der Waals surface area contributed by atoms with E-state index in [2.05, 4.69) is 29.0 Å². The third kappa shape index (κ3) is 6.95. The fraction of sp³-hybridized carbons (Fsp3) is 0.500. The highest BCUT2D eigenvalue weighted by Crippen LogP contribution is 2.19. The zero-order chi connectivity index (χ0) is 18.2. The first-order valence-corrected chi connectivity index (χ1v) is 10.2. The van der Waals surface area contributed by atoms with Crippen molar-refractivity contribution in [3.8, 4) is 5.75 Å². The Morgan fingerprint density at radius 1 is 1.30 bits per heavy atom. The van der Waals surface area contributed by atoms with Crippen LogP contribution in [-0.2, 0) is 6.42 Å². The second-order valence-electron chi connectivity index (χ2n) is 6.47. The molecule has 1 aromatic carbocycles. The molecule has 1 aromatic heterocycles. The topological polar surface area (TPSA) is 49.8 Å². The standard InChI is InChI=1S/C20H28N4OS.HI/c1-3-21-20(22-12-9-19-23-15-16(2)26-19)24-13-10-18(11-14-24)25-17-7-5-4-6-8-17;/h4-8,15,18H,3,9-14H2,1-2H3,(H,21,22);1H. The van der Waals surface area contributed by atoms with E-state index >= 15 is 0 Å². The number of ether oxygens (including phenoxy) is 1. The maximum absolute atomic E-state index is 6.09. The van der Waals surface area contributed by atoms with Crippen LogP contribution in [-0.4, -0.2) is 48.1 Å². The van der Waals surface area contributed by atoms with E-state index in [1.54, 1.807) is 11.3 Å². The summed E-state index contributed by atoms with van der Waals surface area (Å²) in [5.41, 5.74) is 0. The lowest BCUT2D eigenvalue weighted by Gasteiger charge is -2.34. The third-order valence-corrected chi connectivity index (χ3v) is 5.35. The first-order valence-electron chi connectivity index (χ1n) is 9.41. The van der Waals surface area contributed by atoms with Crippen LogP contribution >= 0.6 is 35.3 Å². The number of aromatic nitrogens is 1. The maximum atomic E-state index is 6.09. The molecule has 0 radical (unpaired) electrons. The molecule has 1 fully saturated rings. The van der Waals surface area contributed by atoms with Gasteiger partial charge in [0.15, 0.2) is 5.96 Å². The van der Waals surface area contributed by atoms with Gasteiger partial charge in [0.05, 0.1) is 5.01 Å². The van der Waals surface area contributed by atoms with Crippen LogP contribution in [0.25, 0.3) is 0 Å². The Morgan fingerprint density at radius 2 is 2.04 bits per heavy atom. The smallest absolute Gasteiger partial charge is 0.193 e. The predicted octanol–water partition coefficient (Wildman–Crippen LogP) is 4.12. The van der Waals surface area contributed by atoms with Gasteiger partial charge in [-0.15, -0.1) is 35.3 Å². The molecule has 0 atom stereocenters. The Labute approximate surface area is 183 Å². The fourth-order valence-corrected chi connectivity index (χ4v) is 3.85. The number of halogens is 1. The van der Waals surface area contributed by atoms with Gasteiger partial charge in [-0.2, -0.15) is 0 Å². The number of likely N-dealkylation sites (tertiary alicyclic amines) is 1. The van der Waals surface area contributed by atoms with Crippen molar-refractivity contribution in [2.45, 2.75) is 39.2 Å². The molecule has 1 saturated heterocycles. The number of hydrogen-bond acceptors (Lipinski definition) is 4. The number of thiazole rings is 1. The van der Waals surface area contributed by atoms with Crippen LogP contribution in [0.1, 0.15) is 29.7 Å². The van der Waals surface area contributed by atoms with E-state index in [-0.39, 0.29) is 30.1 Å². The molecule has 0 bridgehead atoms. The molecule has 27 heavy (non-hydrogen) atoms. The number of piperidine rings is 1. The quantitative estimate of drug-likeness (QED) is 0.369. The molecule has 0 amide bonds. The molecule has 0 aliphatic carbocycles. The minimum Gasteiger partial charge on any atom is -0.490 e. The van der Waals surface area contributed by atoms with Gasteiger partial charge in [-0.1, -0.05) is 18.2 Å². The summed E-state index contributed by atoms with van der Waals surface area (Å²) < 4.78 is 6.09. The van der Waals surface area contributed by atoms with E-state index in [1.165, 1.54) is 4.88 Å². The molecule has 1 aliphatic rings. The second kappa shape index (κ2) is 11.5. The maximum Gasteiger partial charge on any atom is 0.193 e. The van der Waals surface area contributed by atoms with Gasteiger partial charge in [0, 0.05) is 56.5 Å². The number of aryl methyl sites for hydroxylation is 1. The summed E-state index contributed by atoms with van der Waals surface area (Å²) >= 11 is 1.76. The molecule has 1 N–H and O–H groups in total. The molecule has 3 rings (SSSR count). The lowest BCUT2D eigenvalue weighted by molar-refractivity contribution is 0.129. The van der Waals surface area contributed by atoms with Gasteiger partial charge in [0.25, 0.3) is 0 Å². The number of hydrogen-bond donors (Lipinski definition) is 1. The molecule has 5 nitrogen and oxygen atoms in total. The first-order chi connectivity index (χ1) is 12.7. The summed E-state index contributed by atoms with van der Waals surface area (Å²) in [5, 5.41) is 4.59. The fourth-order valence-electron chi connectivity index (χ4n) is 3.08. The van der Waals surface area contributed by atoms with Gasteiger partial charge in [-0.05, 0) is 26.0 Å². The molecule has 148 valence electrons. The van der Waals surface area contributed by atoms with Crippen molar-refractivity contribution >= 4 is 41.3 Å². The van der Waals surface area contributed by atoms with Crippen molar-refractivity contribution in [1.82, 2.24) is 15.2 Å². The van der Waals surface area contributed by atoms with Crippen LogP contribution in [0.15, 0.2) is 41.5 Å². The van der Waals surface area contributed by atoms with Gasteiger partial charge in [-0.3, -0.25) is 4.99 Å². The van der Waals surface area contributed by atoms with Gasteiger partial charge in [-0.25, -0.2) is 4.98 Å². The summed E-state index contributed by atoms with van der Waals surface area (Å²) in [6.45, 7) is 7.81. The number of rotatable bonds is 6. The molecule has 2 aromatic rings. The summed E-state index contributed by atoms with van der Waals surface area (Å²) in [4.78, 5) is 12.8. The number of benzene rings is 1. The summed E-state index contributed by atoms with van der Waals surface area (Å²) in [5.74, 6) is 1.98. The Balaban J connectivity index is 0.00000261. The molecule has 0 unspecified atom stereocenters. The molecular formula is C20H29IN4OS. The van der Waals surface area contributed by atoms with Gasteiger partial charge >= 0.3 is 0 Å². The van der Waals surface area contributed by atoms with E-state index in [1.807, 2.05) is 36.5 Å². The zero-order valence-corrected chi connectivity index (χ0v) is 19.2. The third-order valence-electron chi connectivity index (χ3n) is 4.38. The van der Waals surface area contributed by atoms with Gasteiger partial charge < -0.3 is 15.0 Å². The van der Waals surface area contributed by atoms with E-state index < -0.39 is 0 Å².